The molecule has 16 heavy (non-hydrogen) atoms. The minimum atomic E-state index is -0.995. The van der Waals surface area contributed by atoms with Crippen molar-refractivity contribution in [1.29, 1.82) is 0 Å². The number of nitrogens with one attached hydrogen (secondary N) is 1. The fourth-order valence-electron chi connectivity index (χ4n) is 1.28. The van der Waals surface area contributed by atoms with E-state index in [-0.39, 0.29) is 12.5 Å². The van der Waals surface area contributed by atoms with E-state index in [1.165, 1.54) is 0 Å². The van der Waals surface area contributed by atoms with E-state index in [9.17, 15) is 9.59 Å². The molecule has 5 heteroatoms. The molecule has 0 spiro atoms. The molecule has 5 nitrogen and oxygen atoms in total. The highest BCUT2D eigenvalue weighted by Crippen LogP contribution is 2.19. The summed E-state index contributed by atoms with van der Waals surface area (Å²) in [5.74, 6) is -1.27. The second-order valence-corrected chi connectivity index (χ2v) is 4.27. The number of carboxylic acid groups (broad SMARTS) is 1. The highest BCUT2D eigenvalue weighted by Gasteiger charge is 2.32. The standard InChI is InChI=1S/C11H22N2O3/c1-4-6-8(9(14)15)13-10(16)11(3,5-2)7-12/h8H,4-7,12H2,1-3H3,(H,13,16)(H,14,15)/t8-,11?/m0/s1. The third-order valence-electron chi connectivity index (χ3n) is 2.96. The van der Waals surface area contributed by atoms with Gasteiger partial charge < -0.3 is 16.2 Å². The maximum absolute atomic E-state index is 11.9. The maximum Gasteiger partial charge on any atom is 0.326 e. The minimum Gasteiger partial charge on any atom is -0.480 e. The number of amides is 1. The number of carbonyl (C=O) groups excluding carboxylic acids is 1. The van der Waals surface area contributed by atoms with Gasteiger partial charge in [0.2, 0.25) is 5.91 Å². The van der Waals surface area contributed by atoms with E-state index >= 15 is 0 Å². The van der Waals surface area contributed by atoms with Crippen LogP contribution in [0.4, 0.5) is 0 Å². The van der Waals surface area contributed by atoms with Crippen LogP contribution in [0.1, 0.15) is 40.0 Å². The van der Waals surface area contributed by atoms with Crippen LogP contribution in [-0.4, -0.2) is 29.6 Å². The van der Waals surface area contributed by atoms with Crippen molar-refractivity contribution in [2.75, 3.05) is 6.54 Å². The van der Waals surface area contributed by atoms with Gasteiger partial charge in [0.05, 0.1) is 5.41 Å². The molecule has 0 aromatic carbocycles. The first-order chi connectivity index (χ1) is 7.41. The van der Waals surface area contributed by atoms with Crippen molar-refractivity contribution in [3.8, 4) is 0 Å². The molecule has 0 aliphatic heterocycles. The predicted octanol–water partition coefficient (Wildman–Crippen LogP) is 0.731. The molecule has 0 saturated carbocycles. The van der Waals surface area contributed by atoms with Gasteiger partial charge in [-0.05, 0) is 19.8 Å². The van der Waals surface area contributed by atoms with Crippen LogP contribution in [0.3, 0.4) is 0 Å². The highest BCUT2D eigenvalue weighted by atomic mass is 16.4. The first kappa shape index (κ1) is 14.9. The van der Waals surface area contributed by atoms with Gasteiger partial charge in [-0.3, -0.25) is 4.79 Å². The molecule has 0 radical (unpaired) electrons. The Balaban J connectivity index is 4.56. The summed E-state index contributed by atoms with van der Waals surface area (Å²) in [7, 11) is 0. The van der Waals surface area contributed by atoms with Crippen LogP contribution >= 0.6 is 0 Å². The summed E-state index contributed by atoms with van der Waals surface area (Å²) in [4.78, 5) is 22.7. The normalized spacial score (nSPS) is 16.2. The van der Waals surface area contributed by atoms with Gasteiger partial charge in [-0.15, -0.1) is 0 Å². The van der Waals surface area contributed by atoms with Gasteiger partial charge in [0.15, 0.2) is 0 Å². The Morgan fingerprint density at radius 1 is 1.44 bits per heavy atom. The molecule has 94 valence electrons. The number of carbonyl (C=O) groups is 2. The summed E-state index contributed by atoms with van der Waals surface area (Å²) in [6, 6.07) is -0.810. The van der Waals surface area contributed by atoms with Gasteiger partial charge in [0.1, 0.15) is 6.04 Å². The van der Waals surface area contributed by atoms with Crippen molar-refractivity contribution in [2.24, 2.45) is 11.1 Å². The fraction of sp³-hybridized carbons (Fsp3) is 0.818. The topological polar surface area (TPSA) is 92.4 Å². The van der Waals surface area contributed by atoms with Gasteiger partial charge in [-0.1, -0.05) is 20.3 Å². The van der Waals surface area contributed by atoms with E-state index in [0.717, 1.165) is 0 Å². The molecule has 0 bridgehead atoms. The molecule has 0 aromatic heterocycles. The van der Waals surface area contributed by atoms with Crippen LogP contribution in [0.25, 0.3) is 0 Å². The SMILES string of the molecule is CCC[C@H](NC(=O)C(C)(CC)CN)C(=O)O. The fourth-order valence-corrected chi connectivity index (χ4v) is 1.28. The summed E-state index contributed by atoms with van der Waals surface area (Å²) in [5.41, 5.74) is 4.86. The quantitative estimate of drug-likeness (QED) is 0.601. The van der Waals surface area contributed by atoms with Crippen LogP contribution in [0.2, 0.25) is 0 Å². The molecule has 0 saturated heterocycles. The molecule has 1 unspecified atom stereocenters. The second kappa shape index (κ2) is 6.48. The summed E-state index contributed by atoms with van der Waals surface area (Å²) in [6.07, 6.45) is 1.74. The number of nitrogens with two attached hydrogens (primary N) is 1. The van der Waals surface area contributed by atoms with E-state index < -0.39 is 17.4 Å². The van der Waals surface area contributed by atoms with Crippen molar-refractivity contribution < 1.29 is 14.7 Å². The number of hydrogen-bond donors (Lipinski definition) is 3. The summed E-state index contributed by atoms with van der Waals surface area (Å²) in [6.45, 7) is 5.70. The Labute approximate surface area is 96.4 Å². The van der Waals surface area contributed by atoms with Crippen molar-refractivity contribution in [3.63, 3.8) is 0 Å². The van der Waals surface area contributed by atoms with E-state index in [1.807, 2.05) is 13.8 Å². The number of carboxylic acids is 1. The predicted molar refractivity (Wildman–Crippen MR) is 61.9 cm³/mol. The van der Waals surface area contributed by atoms with Crippen molar-refractivity contribution in [2.45, 2.75) is 46.1 Å². The minimum absolute atomic E-state index is 0.216. The molecule has 0 heterocycles. The molecule has 0 aliphatic rings. The maximum atomic E-state index is 11.9. The molecule has 0 fully saturated rings. The van der Waals surface area contributed by atoms with E-state index in [0.29, 0.717) is 19.3 Å². The molecule has 0 aliphatic carbocycles. The summed E-state index contributed by atoms with van der Waals surface area (Å²) < 4.78 is 0. The third-order valence-corrected chi connectivity index (χ3v) is 2.96. The Hall–Kier alpha value is -1.10. The molecule has 0 aromatic rings. The largest absolute Gasteiger partial charge is 0.480 e. The van der Waals surface area contributed by atoms with E-state index in [4.69, 9.17) is 10.8 Å². The Morgan fingerprint density at radius 3 is 2.31 bits per heavy atom. The zero-order valence-electron chi connectivity index (χ0n) is 10.2. The number of rotatable bonds is 7. The van der Waals surface area contributed by atoms with Gasteiger partial charge in [0.25, 0.3) is 0 Å². The lowest BCUT2D eigenvalue weighted by atomic mass is 9.86. The molecule has 2 atom stereocenters. The van der Waals surface area contributed by atoms with Gasteiger partial charge in [-0.2, -0.15) is 0 Å². The van der Waals surface area contributed by atoms with Crippen molar-refractivity contribution >= 4 is 11.9 Å². The zero-order chi connectivity index (χ0) is 12.8. The van der Waals surface area contributed by atoms with Crippen molar-refractivity contribution in [1.82, 2.24) is 5.32 Å². The third kappa shape index (κ3) is 3.81. The smallest absolute Gasteiger partial charge is 0.326 e. The number of aliphatic carboxylic acids is 1. The molecule has 4 N–H and O–H groups in total. The Kier molecular flexibility index (Phi) is 6.03. The molecular weight excluding hydrogens is 208 g/mol. The summed E-state index contributed by atoms with van der Waals surface area (Å²) in [5, 5.41) is 11.5. The zero-order valence-corrected chi connectivity index (χ0v) is 10.2. The van der Waals surface area contributed by atoms with Crippen LogP contribution in [0, 0.1) is 5.41 Å². The lowest BCUT2D eigenvalue weighted by Gasteiger charge is -2.27. The van der Waals surface area contributed by atoms with Crippen LogP contribution in [0.5, 0.6) is 0 Å². The monoisotopic (exact) mass is 230 g/mol. The van der Waals surface area contributed by atoms with Crippen LogP contribution < -0.4 is 11.1 Å². The average molecular weight is 230 g/mol. The Bertz CT molecular complexity index is 250. The molecule has 0 rings (SSSR count). The van der Waals surface area contributed by atoms with E-state index in [2.05, 4.69) is 5.32 Å². The first-order valence-corrected chi connectivity index (χ1v) is 5.65. The van der Waals surface area contributed by atoms with Gasteiger partial charge in [0, 0.05) is 6.54 Å². The average Bonchev–Trinajstić information content (AvgIpc) is 2.26. The van der Waals surface area contributed by atoms with Gasteiger partial charge >= 0.3 is 5.97 Å². The summed E-state index contributed by atoms with van der Waals surface area (Å²) >= 11 is 0. The lowest BCUT2D eigenvalue weighted by Crippen LogP contribution is -2.49. The molecule has 1 amide bonds. The lowest BCUT2D eigenvalue weighted by molar-refractivity contribution is -0.143. The Morgan fingerprint density at radius 2 is 2.00 bits per heavy atom. The molecular formula is C11H22N2O3. The first-order valence-electron chi connectivity index (χ1n) is 5.65. The second-order valence-electron chi connectivity index (χ2n) is 4.27. The van der Waals surface area contributed by atoms with Crippen LogP contribution in [0.15, 0.2) is 0 Å². The number of hydrogen-bond acceptors (Lipinski definition) is 3. The van der Waals surface area contributed by atoms with Crippen LogP contribution in [-0.2, 0) is 9.59 Å². The highest BCUT2D eigenvalue weighted by molar-refractivity contribution is 5.87. The van der Waals surface area contributed by atoms with Crippen molar-refractivity contribution in [3.05, 3.63) is 0 Å². The van der Waals surface area contributed by atoms with E-state index in [1.54, 1.807) is 6.92 Å². The van der Waals surface area contributed by atoms with Gasteiger partial charge in [-0.25, -0.2) is 4.79 Å².